The summed E-state index contributed by atoms with van der Waals surface area (Å²) in [6, 6.07) is 46.9. The molecule has 0 atom stereocenters. The SMILES string of the molecule is Cc1ccc2c(-c3ccc4oc5ccccc5c4c3)c3ccccc3c(-c3ccc4c(c3)C(C)(C)c3ccccc3-4)c2c1. The summed E-state index contributed by atoms with van der Waals surface area (Å²) >= 11 is 0. The molecule has 8 aromatic rings. The normalized spacial score (nSPS) is 13.7. The highest BCUT2D eigenvalue weighted by atomic mass is 16.3. The van der Waals surface area contributed by atoms with Crippen LogP contribution in [-0.4, -0.2) is 0 Å². The summed E-state index contributed by atoms with van der Waals surface area (Å²) < 4.78 is 6.19. The van der Waals surface area contributed by atoms with Gasteiger partial charge in [0.15, 0.2) is 0 Å². The van der Waals surface area contributed by atoms with Gasteiger partial charge in [0.05, 0.1) is 0 Å². The van der Waals surface area contributed by atoms with Crippen molar-refractivity contribution in [1.82, 2.24) is 0 Å². The Hall–Kier alpha value is -5.14. The van der Waals surface area contributed by atoms with E-state index in [0.717, 1.165) is 21.9 Å². The predicted octanol–water partition coefficient (Wildman–Crippen LogP) is 11.8. The summed E-state index contributed by atoms with van der Waals surface area (Å²) in [5, 5.41) is 7.42. The van der Waals surface area contributed by atoms with Gasteiger partial charge in [-0.15, -0.1) is 0 Å². The molecule has 0 N–H and O–H groups in total. The zero-order valence-corrected chi connectivity index (χ0v) is 24.5. The Morgan fingerprint density at radius 3 is 1.88 bits per heavy atom. The first-order valence-corrected chi connectivity index (χ1v) is 15.1. The average molecular weight is 551 g/mol. The van der Waals surface area contributed by atoms with Crippen molar-refractivity contribution in [3.63, 3.8) is 0 Å². The number of fused-ring (bicyclic) bond motifs is 8. The highest BCUT2D eigenvalue weighted by molar-refractivity contribution is 6.22. The third-order valence-corrected chi connectivity index (χ3v) is 9.72. The number of benzene rings is 7. The van der Waals surface area contributed by atoms with Gasteiger partial charge < -0.3 is 4.42 Å². The topological polar surface area (TPSA) is 13.1 Å². The van der Waals surface area contributed by atoms with Crippen molar-refractivity contribution in [2.45, 2.75) is 26.2 Å². The molecule has 0 aliphatic heterocycles. The monoisotopic (exact) mass is 550 g/mol. The zero-order chi connectivity index (χ0) is 28.9. The lowest BCUT2D eigenvalue weighted by molar-refractivity contribution is 0.660. The average Bonchev–Trinajstić information content (AvgIpc) is 3.51. The Balaban J connectivity index is 1.36. The third kappa shape index (κ3) is 3.40. The van der Waals surface area contributed by atoms with E-state index < -0.39 is 0 Å². The molecule has 1 aliphatic carbocycles. The first-order valence-electron chi connectivity index (χ1n) is 15.1. The van der Waals surface area contributed by atoms with Gasteiger partial charge in [-0.05, 0) is 97.2 Å². The van der Waals surface area contributed by atoms with E-state index in [0.29, 0.717) is 0 Å². The number of furan rings is 1. The number of para-hydroxylation sites is 1. The van der Waals surface area contributed by atoms with Gasteiger partial charge in [0.1, 0.15) is 11.2 Å². The lowest BCUT2D eigenvalue weighted by atomic mass is 9.80. The van der Waals surface area contributed by atoms with Crippen molar-refractivity contribution in [3.8, 4) is 33.4 Å². The van der Waals surface area contributed by atoms with Crippen molar-refractivity contribution in [2.24, 2.45) is 0 Å². The van der Waals surface area contributed by atoms with Gasteiger partial charge in [-0.1, -0.05) is 123 Å². The highest BCUT2D eigenvalue weighted by Crippen LogP contribution is 2.51. The standard InChI is InChI=1S/C42H30O/c1-25-16-19-33-35(22-25)41(27-17-20-29-28-10-6-8-14-36(28)42(2,3)37(29)24-27)32-13-5-4-12-31(32)40(33)26-18-21-39-34(23-26)30-11-7-9-15-38(30)43-39/h4-24H,1-3H3. The highest BCUT2D eigenvalue weighted by Gasteiger charge is 2.35. The van der Waals surface area contributed by atoms with Gasteiger partial charge in [0.2, 0.25) is 0 Å². The van der Waals surface area contributed by atoms with Crippen LogP contribution in [0.4, 0.5) is 0 Å². The van der Waals surface area contributed by atoms with Crippen LogP contribution in [0.3, 0.4) is 0 Å². The van der Waals surface area contributed by atoms with Gasteiger partial charge in [-0.2, -0.15) is 0 Å². The molecular formula is C42H30O. The first kappa shape index (κ1) is 24.5. The van der Waals surface area contributed by atoms with E-state index in [2.05, 4.69) is 136 Å². The predicted molar refractivity (Wildman–Crippen MR) is 182 cm³/mol. The number of aryl methyl sites for hydroxylation is 1. The Morgan fingerprint density at radius 2 is 1.05 bits per heavy atom. The fourth-order valence-electron chi connectivity index (χ4n) is 7.66. The lowest BCUT2D eigenvalue weighted by Crippen LogP contribution is -2.14. The quantitative estimate of drug-likeness (QED) is 0.195. The van der Waals surface area contributed by atoms with Crippen molar-refractivity contribution < 1.29 is 4.42 Å². The van der Waals surface area contributed by atoms with E-state index in [4.69, 9.17) is 4.42 Å². The second-order valence-corrected chi connectivity index (χ2v) is 12.6. The Kier molecular flexibility index (Phi) is 4.94. The van der Waals surface area contributed by atoms with Crippen molar-refractivity contribution in [2.75, 3.05) is 0 Å². The van der Waals surface area contributed by atoms with Crippen LogP contribution in [-0.2, 0) is 5.41 Å². The van der Waals surface area contributed by atoms with Gasteiger partial charge in [-0.3, -0.25) is 0 Å². The molecule has 0 amide bonds. The van der Waals surface area contributed by atoms with Crippen LogP contribution in [0.5, 0.6) is 0 Å². The minimum atomic E-state index is -0.0494. The summed E-state index contributed by atoms with van der Waals surface area (Å²) in [5.41, 5.74) is 13.6. The summed E-state index contributed by atoms with van der Waals surface area (Å²) in [6.45, 7) is 6.92. The summed E-state index contributed by atoms with van der Waals surface area (Å²) in [5.74, 6) is 0. The van der Waals surface area contributed by atoms with Gasteiger partial charge in [-0.25, -0.2) is 0 Å². The smallest absolute Gasteiger partial charge is 0.135 e. The van der Waals surface area contributed by atoms with Crippen LogP contribution in [0.25, 0.3) is 76.9 Å². The molecule has 1 aliphatic rings. The van der Waals surface area contributed by atoms with Crippen LogP contribution >= 0.6 is 0 Å². The maximum Gasteiger partial charge on any atom is 0.135 e. The summed E-state index contributed by atoms with van der Waals surface area (Å²) in [6.07, 6.45) is 0. The Morgan fingerprint density at radius 1 is 0.442 bits per heavy atom. The molecule has 204 valence electrons. The molecule has 1 aromatic heterocycles. The van der Waals surface area contributed by atoms with Crippen LogP contribution in [0.15, 0.2) is 132 Å². The molecule has 0 spiro atoms. The molecule has 0 bridgehead atoms. The van der Waals surface area contributed by atoms with E-state index in [9.17, 15) is 0 Å². The molecule has 0 unspecified atom stereocenters. The van der Waals surface area contributed by atoms with E-state index >= 15 is 0 Å². The number of hydrogen-bond acceptors (Lipinski definition) is 1. The largest absolute Gasteiger partial charge is 0.456 e. The van der Waals surface area contributed by atoms with Crippen molar-refractivity contribution >= 4 is 43.5 Å². The molecule has 9 rings (SSSR count). The fraction of sp³-hybridized carbons (Fsp3) is 0.0952. The molecule has 0 radical (unpaired) electrons. The van der Waals surface area contributed by atoms with Gasteiger partial charge in [0, 0.05) is 16.2 Å². The lowest BCUT2D eigenvalue weighted by Gasteiger charge is -2.23. The Labute approximate surface area is 251 Å². The third-order valence-electron chi connectivity index (χ3n) is 9.72. The molecular weight excluding hydrogens is 520 g/mol. The van der Waals surface area contributed by atoms with E-state index in [-0.39, 0.29) is 5.41 Å². The molecule has 0 saturated carbocycles. The van der Waals surface area contributed by atoms with E-state index in [1.165, 1.54) is 71.6 Å². The summed E-state index contributed by atoms with van der Waals surface area (Å²) in [4.78, 5) is 0. The number of hydrogen-bond donors (Lipinski definition) is 0. The molecule has 1 heterocycles. The van der Waals surface area contributed by atoms with Crippen molar-refractivity contribution in [3.05, 3.63) is 144 Å². The molecule has 43 heavy (non-hydrogen) atoms. The van der Waals surface area contributed by atoms with E-state index in [1.54, 1.807) is 0 Å². The van der Waals surface area contributed by atoms with Crippen LogP contribution < -0.4 is 0 Å². The second-order valence-electron chi connectivity index (χ2n) is 12.6. The van der Waals surface area contributed by atoms with Crippen molar-refractivity contribution in [1.29, 1.82) is 0 Å². The van der Waals surface area contributed by atoms with Crippen LogP contribution in [0.1, 0.15) is 30.5 Å². The maximum atomic E-state index is 6.19. The maximum absolute atomic E-state index is 6.19. The van der Waals surface area contributed by atoms with Gasteiger partial charge >= 0.3 is 0 Å². The van der Waals surface area contributed by atoms with Gasteiger partial charge in [0.25, 0.3) is 0 Å². The molecule has 0 saturated heterocycles. The first-order chi connectivity index (χ1) is 21.0. The minimum absolute atomic E-state index is 0.0494. The summed E-state index contributed by atoms with van der Waals surface area (Å²) in [7, 11) is 0. The molecule has 7 aromatic carbocycles. The molecule has 1 nitrogen and oxygen atoms in total. The second kappa shape index (κ2) is 8.69. The van der Waals surface area contributed by atoms with Crippen LogP contribution in [0, 0.1) is 6.92 Å². The molecule has 1 heteroatoms. The fourth-order valence-corrected chi connectivity index (χ4v) is 7.66. The number of rotatable bonds is 2. The van der Waals surface area contributed by atoms with E-state index in [1.807, 2.05) is 12.1 Å². The minimum Gasteiger partial charge on any atom is -0.456 e. The van der Waals surface area contributed by atoms with Crippen LogP contribution in [0.2, 0.25) is 0 Å². The molecule has 0 fully saturated rings. The zero-order valence-electron chi connectivity index (χ0n) is 24.5. The Bertz CT molecular complexity index is 2440.